The van der Waals surface area contributed by atoms with Gasteiger partial charge in [-0.1, -0.05) is 36.4 Å². The van der Waals surface area contributed by atoms with Crippen molar-refractivity contribution < 1.29 is 29.3 Å². The Bertz CT molecular complexity index is 506. The summed E-state index contributed by atoms with van der Waals surface area (Å²) in [6, 6.07) is 17.6. The van der Waals surface area contributed by atoms with Crippen LogP contribution in [0.2, 0.25) is 0 Å². The monoisotopic (exact) mass is 304 g/mol. The molecule has 6 nitrogen and oxygen atoms in total. The number of carbonyl (C=O) groups is 2. The first-order chi connectivity index (χ1) is 10.6. The summed E-state index contributed by atoms with van der Waals surface area (Å²) in [6.07, 6.45) is -2.57. The molecule has 0 radical (unpaired) electrons. The minimum absolute atomic E-state index is 0.462. The van der Waals surface area contributed by atoms with E-state index in [1.807, 2.05) is 12.1 Å². The molecule has 0 fully saturated rings. The van der Waals surface area contributed by atoms with Crippen molar-refractivity contribution in [2.75, 3.05) is 0 Å². The van der Waals surface area contributed by atoms with E-state index in [9.17, 15) is 4.79 Å². The number of benzene rings is 2. The molecule has 0 saturated heterocycles. The number of para-hydroxylation sites is 2. The zero-order chi connectivity index (χ0) is 16.8. The van der Waals surface area contributed by atoms with Crippen molar-refractivity contribution in [2.24, 2.45) is 0 Å². The lowest BCUT2D eigenvalue weighted by atomic mass is 10.3. The second-order valence-electron chi connectivity index (χ2n) is 3.36. The minimum Gasteiger partial charge on any atom is -0.450 e. The van der Waals surface area contributed by atoms with Gasteiger partial charge in [0, 0.05) is 0 Å². The fourth-order valence-electron chi connectivity index (χ4n) is 1.19. The minimum atomic E-state index is -1.83. The number of hydrogen-bond donors (Lipinski definition) is 2. The Morgan fingerprint density at radius 1 is 0.727 bits per heavy atom. The molecule has 22 heavy (non-hydrogen) atoms. The molecule has 2 aromatic rings. The van der Waals surface area contributed by atoms with Crippen LogP contribution in [0.15, 0.2) is 73.8 Å². The maximum absolute atomic E-state index is 11.3. The van der Waals surface area contributed by atoms with Crippen LogP contribution in [-0.2, 0) is 0 Å². The van der Waals surface area contributed by atoms with Crippen LogP contribution in [0.25, 0.3) is 0 Å². The highest BCUT2D eigenvalue weighted by Gasteiger charge is 2.06. The van der Waals surface area contributed by atoms with Gasteiger partial charge < -0.3 is 19.7 Å². The van der Waals surface area contributed by atoms with Gasteiger partial charge in [0.1, 0.15) is 11.5 Å². The Labute approximate surface area is 127 Å². The van der Waals surface area contributed by atoms with Crippen LogP contribution in [0.5, 0.6) is 11.5 Å². The standard InChI is InChI=1S/C13H10O3.C2H4.CH2O3/c14-13(15-11-7-3-1-4-8-11)16-12-9-5-2-6-10-12;1-2;2-1(3)4/h1-10H;1-2H2;(H2,2,3,4). The first-order valence-electron chi connectivity index (χ1n) is 5.99. The highest BCUT2D eigenvalue weighted by atomic mass is 16.7. The van der Waals surface area contributed by atoms with E-state index in [0.717, 1.165) is 0 Å². The molecule has 0 bridgehead atoms. The van der Waals surface area contributed by atoms with Crippen LogP contribution in [-0.4, -0.2) is 22.5 Å². The zero-order valence-electron chi connectivity index (χ0n) is 11.7. The molecule has 116 valence electrons. The van der Waals surface area contributed by atoms with E-state index in [1.54, 1.807) is 48.5 Å². The number of rotatable bonds is 2. The summed E-state index contributed by atoms with van der Waals surface area (Å²) in [7, 11) is 0. The second-order valence-corrected chi connectivity index (χ2v) is 3.36. The Morgan fingerprint density at radius 3 is 1.27 bits per heavy atom. The van der Waals surface area contributed by atoms with E-state index in [-0.39, 0.29) is 0 Å². The van der Waals surface area contributed by atoms with Gasteiger partial charge in [-0.2, -0.15) is 0 Å². The predicted octanol–water partition coefficient (Wildman–Crippen LogP) is 4.29. The van der Waals surface area contributed by atoms with Crippen LogP contribution in [0, 0.1) is 0 Å². The number of carbonyl (C=O) groups excluding carboxylic acids is 1. The van der Waals surface area contributed by atoms with Gasteiger partial charge in [-0.3, -0.25) is 0 Å². The predicted molar refractivity (Wildman–Crippen MR) is 81.4 cm³/mol. The van der Waals surface area contributed by atoms with Gasteiger partial charge in [-0.25, -0.2) is 9.59 Å². The van der Waals surface area contributed by atoms with E-state index in [0.29, 0.717) is 11.5 Å². The van der Waals surface area contributed by atoms with Gasteiger partial charge in [0.05, 0.1) is 0 Å². The van der Waals surface area contributed by atoms with Crippen molar-refractivity contribution in [1.82, 2.24) is 0 Å². The van der Waals surface area contributed by atoms with Crippen LogP contribution >= 0.6 is 0 Å². The van der Waals surface area contributed by atoms with Gasteiger partial charge in [0.25, 0.3) is 0 Å². The highest BCUT2D eigenvalue weighted by molar-refractivity contribution is 5.66. The van der Waals surface area contributed by atoms with E-state index in [1.165, 1.54) is 0 Å². The van der Waals surface area contributed by atoms with Crippen molar-refractivity contribution in [3.05, 3.63) is 73.8 Å². The third-order valence-electron chi connectivity index (χ3n) is 1.89. The average Bonchev–Trinajstić information content (AvgIpc) is 2.50. The van der Waals surface area contributed by atoms with Gasteiger partial charge in [0.15, 0.2) is 0 Å². The van der Waals surface area contributed by atoms with E-state index in [4.69, 9.17) is 24.5 Å². The zero-order valence-corrected chi connectivity index (χ0v) is 11.7. The molecule has 0 aromatic heterocycles. The van der Waals surface area contributed by atoms with Gasteiger partial charge in [-0.15, -0.1) is 13.2 Å². The normalized spacial score (nSPS) is 8.18. The molecule has 0 aliphatic heterocycles. The molecular weight excluding hydrogens is 288 g/mol. The Hall–Kier alpha value is -3.28. The molecule has 2 N–H and O–H groups in total. The van der Waals surface area contributed by atoms with Gasteiger partial charge >= 0.3 is 12.3 Å². The van der Waals surface area contributed by atoms with Crippen LogP contribution < -0.4 is 9.47 Å². The van der Waals surface area contributed by atoms with E-state index in [2.05, 4.69) is 13.2 Å². The molecule has 0 aliphatic carbocycles. The quantitative estimate of drug-likeness (QED) is 0.488. The first-order valence-corrected chi connectivity index (χ1v) is 5.99. The summed E-state index contributed by atoms with van der Waals surface area (Å²) in [5.74, 6) is 0.923. The molecule has 6 heteroatoms. The third kappa shape index (κ3) is 9.62. The van der Waals surface area contributed by atoms with Crippen LogP contribution in [0.3, 0.4) is 0 Å². The molecule has 0 amide bonds. The molecule has 0 saturated carbocycles. The summed E-state index contributed by atoms with van der Waals surface area (Å²) in [4.78, 5) is 19.9. The second kappa shape index (κ2) is 11.5. The lowest BCUT2D eigenvalue weighted by Gasteiger charge is -2.04. The molecule has 0 atom stereocenters. The van der Waals surface area contributed by atoms with Crippen molar-refractivity contribution in [2.45, 2.75) is 0 Å². The fourth-order valence-corrected chi connectivity index (χ4v) is 1.19. The fraction of sp³-hybridized carbons (Fsp3) is 0. The van der Waals surface area contributed by atoms with Gasteiger partial charge in [0.2, 0.25) is 0 Å². The highest BCUT2D eigenvalue weighted by Crippen LogP contribution is 2.12. The molecule has 0 unspecified atom stereocenters. The molecule has 0 spiro atoms. The SMILES string of the molecule is C=C.O=C(O)O.O=C(Oc1ccccc1)Oc1ccccc1. The molecular formula is C16H16O6. The lowest BCUT2D eigenvalue weighted by molar-refractivity contribution is 0.136. The van der Waals surface area contributed by atoms with E-state index < -0.39 is 12.3 Å². The van der Waals surface area contributed by atoms with E-state index >= 15 is 0 Å². The summed E-state index contributed by atoms with van der Waals surface area (Å²) < 4.78 is 9.91. The summed E-state index contributed by atoms with van der Waals surface area (Å²) >= 11 is 0. The van der Waals surface area contributed by atoms with Crippen molar-refractivity contribution in [3.8, 4) is 11.5 Å². The molecule has 2 rings (SSSR count). The molecule has 0 aliphatic rings. The maximum atomic E-state index is 11.3. The van der Waals surface area contributed by atoms with Crippen molar-refractivity contribution >= 4 is 12.3 Å². The Kier molecular flexibility index (Phi) is 9.82. The van der Waals surface area contributed by atoms with Crippen molar-refractivity contribution in [1.29, 1.82) is 0 Å². The largest absolute Gasteiger partial charge is 0.519 e. The van der Waals surface area contributed by atoms with Crippen molar-refractivity contribution in [3.63, 3.8) is 0 Å². The number of carboxylic acid groups (broad SMARTS) is 2. The lowest BCUT2D eigenvalue weighted by Crippen LogP contribution is -2.13. The van der Waals surface area contributed by atoms with Crippen LogP contribution in [0.1, 0.15) is 0 Å². The molecule has 2 aromatic carbocycles. The van der Waals surface area contributed by atoms with Gasteiger partial charge in [-0.05, 0) is 24.3 Å². The maximum Gasteiger partial charge on any atom is 0.519 e. The summed E-state index contributed by atoms with van der Waals surface area (Å²) in [5, 5.41) is 13.9. The summed E-state index contributed by atoms with van der Waals surface area (Å²) in [6.45, 7) is 6.00. The topological polar surface area (TPSA) is 93.1 Å². The Balaban J connectivity index is 0.000000640. The average molecular weight is 304 g/mol. The van der Waals surface area contributed by atoms with Crippen LogP contribution in [0.4, 0.5) is 9.59 Å². The smallest absolute Gasteiger partial charge is 0.450 e. The first kappa shape index (κ1) is 18.7. The number of ether oxygens (including phenoxy) is 2. The molecule has 0 heterocycles. The number of hydrogen-bond acceptors (Lipinski definition) is 4. The summed E-state index contributed by atoms with van der Waals surface area (Å²) in [5.41, 5.74) is 0. The third-order valence-corrected chi connectivity index (χ3v) is 1.89. The Morgan fingerprint density at radius 2 is 1.00 bits per heavy atom.